The van der Waals surface area contributed by atoms with Gasteiger partial charge in [0.05, 0.1) is 6.42 Å². The van der Waals surface area contributed by atoms with Gasteiger partial charge in [0.2, 0.25) is 5.91 Å². The van der Waals surface area contributed by atoms with Gasteiger partial charge in [0.15, 0.2) is 0 Å². The second-order valence-electron chi connectivity index (χ2n) is 7.48. The number of hydrogen-bond donors (Lipinski definition) is 3. The number of fused-ring (bicyclic) bond motifs is 3. The predicted molar refractivity (Wildman–Crippen MR) is 112 cm³/mol. The van der Waals surface area contributed by atoms with Crippen molar-refractivity contribution in [3.8, 4) is 11.1 Å². The van der Waals surface area contributed by atoms with E-state index in [0.29, 0.717) is 0 Å². The van der Waals surface area contributed by atoms with E-state index >= 15 is 0 Å². The second kappa shape index (κ2) is 10.2. The van der Waals surface area contributed by atoms with Gasteiger partial charge < -0.3 is 20.5 Å². The molecule has 0 bridgehead atoms. The standard InChI is InChI=1S/C23H24F2N2O5/c1-2-18(22(30)26-19(21(24)25)11-20(28)29)27-23(31)32-12-17-15-9-5-3-7-13(15)14-8-4-6-10-16(14)17/h3-10,17-19,21H,2,11-12H2,1H3,(H,26,30)(H,27,31)(H,28,29)/t18-,19?/m1/s1. The van der Waals surface area contributed by atoms with E-state index in [1.807, 2.05) is 53.8 Å². The van der Waals surface area contributed by atoms with E-state index in [1.54, 1.807) is 6.92 Å². The van der Waals surface area contributed by atoms with Crippen LogP contribution in [-0.4, -0.2) is 48.2 Å². The Morgan fingerprint density at radius 2 is 1.56 bits per heavy atom. The minimum atomic E-state index is -3.05. The summed E-state index contributed by atoms with van der Waals surface area (Å²) in [7, 11) is 0. The number of halogens is 2. The molecule has 1 unspecified atom stereocenters. The average Bonchev–Trinajstić information content (AvgIpc) is 3.09. The molecule has 2 aromatic rings. The first-order valence-corrected chi connectivity index (χ1v) is 10.2. The maximum Gasteiger partial charge on any atom is 0.407 e. The quantitative estimate of drug-likeness (QED) is 0.547. The van der Waals surface area contributed by atoms with Crippen LogP contribution in [0.15, 0.2) is 48.5 Å². The minimum Gasteiger partial charge on any atom is -0.481 e. The normalized spacial score (nSPS) is 14.2. The molecule has 170 valence electrons. The first kappa shape index (κ1) is 23.2. The van der Waals surface area contributed by atoms with Crippen LogP contribution in [0.5, 0.6) is 0 Å². The highest BCUT2D eigenvalue weighted by Gasteiger charge is 2.31. The number of carbonyl (C=O) groups is 3. The molecular formula is C23H24F2N2O5. The number of amides is 2. The van der Waals surface area contributed by atoms with Gasteiger partial charge in [0, 0.05) is 5.92 Å². The average molecular weight is 446 g/mol. The van der Waals surface area contributed by atoms with Gasteiger partial charge >= 0.3 is 12.1 Å². The zero-order valence-electron chi connectivity index (χ0n) is 17.4. The summed E-state index contributed by atoms with van der Waals surface area (Å²) in [6.07, 6.45) is -4.73. The molecule has 0 spiro atoms. The Kier molecular flexibility index (Phi) is 7.40. The molecule has 7 nitrogen and oxygen atoms in total. The van der Waals surface area contributed by atoms with Gasteiger partial charge in [0.25, 0.3) is 6.43 Å². The van der Waals surface area contributed by atoms with E-state index in [-0.39, 0.29) is 18.9 Å². The highest BCUT2D eigenvalue weighted by Crippen LogP contribution is 2.44. The summed E-state index contributed by atoms with van der Waals surface area (Å²) in [5, 5.41) is 13.1. The third-order valence-electron chi connectivity index (χ3n) is 5.39. The lowest BCUT2D eigenvalue weighted by Gasteiger charge is -2.22. The van der Waals surface area contributed by atoms with Gasteiger partial charge in [-0.15, -0.1) is 0 Å². The molecule has 2 amide bonds. The van der Waals surface area contributed by atoms with Crippen molar-refractivity contribution < 1.29 is 33.0 Å². The number of hydrogen-bond acceptors (Lipinski definition) is 4. The Balaban J connectivity index is 1.61. The smallest absolute Gasteiger partial charge is 0.407 e. The number of benzene rings is 2. The number of rotatable bonds is 9. The van der Waals surface area contributed by atoms with Gasteiger partial charge in [0.1, 0.15) is 18.7 Å². The van der Waals surface area contributed by atoms with E-state index < -0.39 is 42.9 Å². The summed E-state index contributed by atoms with van der Waals surface area (Å²) in [6.45, 7) is 1.62. The van der Waals surface area contributed by atoms with Crippen molar-refractivity contribution in [3.63, 3.8) is 0 Å². The molecule has 0 radical (unpaired) electrons. The summed E-state index contributed by atoms with van der Waals surface area (Å²) < 4.78 is 31.4. The number of alkyl carbamates (subject to hydrolysis) is 1. The Bertz CT molecular complexity index is 952. The molecule has 2 aromatic carbocycles. The van der Waals surface area contributed by atoms with E-state index in [2.05, 4.69) is 5.32 Å². The summed E-state index contributed by atoms with van der Waals surface area (Å²) in [4.78, 5) is 35.4. The molecule has 9 heteroatoms. The van der Waals surface area contributed by atoms with E-state index in [1.165, 1.54) is 0 Å². The Morgan fingerprint density at radius 1 is 1.00 bits per heavy atom. The molecule has 0 heterocycles. The number of alkyl halides is 2. The third kappa shape index (κ3) is 5.22. The Labute approximate surface area is 183 Å². The van der Waals surface area contributed by atoms with E-state index in [4.69, 9.17) is 9.84 Å². The number of carboxylic acids is 1. The molecule has 0 aliphatic heterocycles. The molecular weight excluding hydrogens is 422 g/mol. The molecule has 1 aliphatic rings. The molecule has 3 rings (SSSR count). The number of carboxylic acid groups (broad SMARTS) is 1. The topological polar surface area (TPSA) is 105 Å². The van der Waals surface area contributed by atoms with Crippen LogP contribution < -0.4 is 10.6 Å². The first-order valence-electron chi connectivity index (χ1n) is 10.2. The van der Waals surface area contributed by atoms with Gasteiger partial charge in [-0.05, 0) is 28.7 Å². The van der Waals surface area contributed by atoms with Crippen LogP contribution in [0.3, 0.4) is 0 Å². The number of aliphatic carboxylic acids is 1. The maximum atomic E-state index is 13.0. The van der Waals surface area contributed by atoms with Crippen LogP contribution in [0.25, 0.3) is 11.1 Å². The fourth-order valence-electron chi connectivity index (χ4n) is 3.81. The van der Waals surface area contributed by atoms with E-state index in [9.17, 15) is 23.2 Å². The van der Waals surface area contributed by atoms with Gasteiger partial charge in [-0.25, -0.2) is 13.6 Å². The Morgan fingerprint density at radius 3 is 2.06 bits per heavy atom. The van der Waals surface area contributed by atoms with Crippen LogP contribution in [0, 0.1) is 0 Å². The molecule has 0 aromatic heterocycles. The Hall–Kier alpha value is -3.49. The first-order chi connectivity index (χ1) is 15.3. The molecule has 2 atom stereocenters. The van der Waals surface area contributed by atoms with Crippen LogP contribution in [0.4, 0.5) is 13.6 Å². The van der Waals surface area contributed by atoms with Crippen molar-refractivity contribution in [2.24, 2.45) is 0 Å². The molecule has 1 aliphatic carbocycles. The number of carbonyl (C=O) groups excluding carboxylic acids is 2. The highest BCUT2D eigenvalue weighted by atomic mass is 19.3. The zero-order chi connectivity index (χ0) is 23.3. The third-order valence-corrected chi connectivity index (χ3v) is 5.39. The summed E-state index contributed by atoms with van der Waals surface area (Å²) >= 11 is 0. The summed E-state index contributed by atoms with van der Waals surface area (Å²) in [6, 6.07) is 12.6. The lowest BCUT2D eigenvalue weighted by atomic mass is 9.98. The van der Waals surface area contributed by atoms with E-state index in [0.717, 1.165) is 22.3 Å². The largest absolute Gasteiger partial charge is 0.481 e. The monoisotopic (exact) mass is 446 g/mol. The van der Waals surface area contributed by atoms with Crippen molar-refractivity contribution in [3.05, 3.63) is 59.7 Å². The molecule has 3 N–H and O–H groups in total. The fraction of sp³-hybridized carbons (Fsp3) is 0.348. The van der Waals surface area contributed by atoms with Crippen LogP contribution in [0.1, 0.15) is 36.8 Å². The zero-order valence-corrected chi connectivity index (χ0v) is 17.4. The molecule has 32 heavy (non-hydrogen) atoms. The fourth-order valence-corrected chi connectivity index (χ4v) is 3.81. The summed E-state index contributed by atoms with van der Waals surface area (Å²) in [5.74, 6) is -2.53. The molecule has 0 saturated carbocycles. The highest BCUT2D eigenvalue weighted by molar-refractivity contribution is 5.86. The van der Waals surface area contributed by atoms with Crippen LogP contribution in [0.2, 0.25) is 0 Å². The molecule has 0 saturated heterocycles. The van der Waals surface area contributed by atoms with Crippen LogP contribution in [-0.2, 0) is 14.3 Å². The van der Waals surface area contributed by atoms with Crippen molar-refractivity contribution >= 4 is 18.0 Å². The van der Waals surface area contributed by atoms with Crippen molar-refractivity contribution in [1.82, 2.24) is 10.6 Å². The second-order valence-corrected chi connectivity index (χ2v) is 7.48. The van der Waals surface area contributed by atoms with Crippen molar-refractivity contribution in [1.29, 1.82) is 0 Å². The summed E-state index contributed by atoms with van der Waals surface area (Å²) in [5.41, 5.74) is 4.19. The lowest BCUT2D eigenvalue weighted by molar-refractivity contribution is -0.139. The maximum absolute atomic E-state index is 13.0. The van der Waals surface area contributed by atoms with Gasteiger partial charge in [-0.3, -0.25) is 9.59 Å². The lowest BCUT2D eigenvalue weighted by Crippen LogP contribution is -2.51. The van der Waals surface area contributed by atoms with Crippen molar-refractivity contribution in [2.75, 3.05) is 6.61 Å². The SMILES string of the molecule is CC[C@@H](NC(=O)OCC1c2ccccc2-c2ccccc21)C(=O)NC(CC(=O)O)C(F)F. The van der Waals surface area contributed by atoms with Crippen LogP contribution >= 0.6 is 0 Å². The minimum absolute atomic E-state index is 0.0383. The number of ether oxygens (including phenoxy) is 1. The molecule has 0 fully saturated rings. The van der Waals surface area contributed by atoms with Gasteiger partial charge in [-0.2, -0.15) is 0 Å². The number of nitrogens with one attached hydrogen (secondary N) is 2. The predicted octanol–water partition coefficient (Wildman–Crippen LogP) is 3.53. The van der Waals surface area contributed by atoms with Gasteiger partial charge in [-0.1, -0.05) is 55.5 Å². The van der Waals surface area contributed by atoms with Crippen molar-refractivity contribution in [2.45, 2.75) is 44.2 Å².